The Kier molecular flexibility index (Phi) is 4.34. The first-order valence-corrected chi connectivity index (χ1v) is 7.67. The first kappa shape index (κ1) is 15.8. The van der Waals surface area contributed by atoms with Crippen LogP contribution in [0.5, 0.6) is 5.75 Å². The van der Waals surface area contributed by atoms with Crippen molar-refractivity contribution in [2.75, 3.05) is 13.1 Å². The molecule has 1 saturated heterocycles. The number of nitriles is 1. The van der Waals surface area contributed by atoms with Crippen LogP contribution >= 0.6 is 0 Å². The van der Waals surface area contributed by atoms with Gasteiger partial charge in [0.1, 0.15) is 18.4 Å². The molecule has 122 valence electrons. The number of pyridine rings is 1. The van der Waals surface area contributed by atoms with Gasteiger partial charge in [-0.15, -0.1) is 0 Å². The van der Waals surface area contributed by atoms with Crippen LogP contribution in [-0.4, -0.2) is 34.6 Å². The van der Waals surface area contributed by atoms with Gasteiger partial charge in [-0.05, 0) is 37.3 Å². The molecule has 6 heteroatoms. The predicted molar refractivity (Wildman–Crippen MR) is 87.6 cm³/mol. The topological polar surface area (TPSA) is 75.3 Å². The third-order valence-electron chi connectivity index (χ3n) is 4.00. The quantitative estimate of drug-likeness (QED) is 0.850. The fourth-order valence-electron chi connectivity index (χ4n) is 2.54. The summed E-state index contributed by atoms with van der Waals surface area (Å²) in [5.41, 5.74) is 1.06. The minimum Gasteiger partial charge on any atom is -0.487 e. The number of hydrogen-bond acceptors (Lipinski definition) is 4. The summed E-state index contributed by atoms with van der Waals surface area (Å²) in [4.78, 5) is 25.8. The van der Waals surface area contributed by atoms with E-state index < -0.39 is 0 Å². The second-order valence-electron chi connectivity index (χ2n) is 5.80. The largest absolute Gasteiger partial charge is 0.487 e. The molecule has 1 amide bonds. The van der Waals surface area contributed by atoms with Gasteiger partial charge in [-0.2, -0.15) is 5.26 Å². The molecule has 2 aromatic rings. The summed E-state index contributed by atoms with van der Waals surface area (Å²) in [5, 5.41) is 8.76. The van der Waals surface area contributed by atoms with Crippen LogP contribution in [-0.2, 0) is 11.3 Å². The lowest BCUT2D eigenvalue weighted by Crippen LogP contribution is -2.57. The summed E-state index contributed by atoms with van der Waals surface area (Å²) in [6.07, 6.45) is 1.56. The minimum absolute atomic E-state index is 0.0457. The number of aromatic nitrogens is 1. The zero-order valence-electron chi connectivity index (χ0n) is 13.3. The van der Waals surface area contributed by atoms with Crippen molar-refractivity contribution in [2.24, 2.45) is 0 Å². The van der Waals surface area contributed by atoms with Crippen molar-refractivity contribution in [3.8, 4) is 11.8 Å². The van der Waals surface area contributed by atoms with Crippen molar-refractivity contribution in [1.82, 2.24) is 9.47 Å². The Morgan fingerprint density at radius 1 is 1.29 bits per heavy atom. The van der Waals surface area contributed by atoms with E-state index in [0.717, 1.165) is 0 Å². The number of rotatable bonds is 4. The maximum atomic E-state index is 12.2. The SMILES string of the molecule is Cc1cccn(CC(=O)N2CC(Oc3ccc(C#N)cc3)C2)c1=O. The molecule has 0 radical (unpaired) electrons. The number of ether oxygens (including phenoxy) is 1. The van der Waals surface area contributed by atoms with Crippen LogP contribution in [0.4, 0.5) is 0 Å². The van der Waals surface area contributed by atoms with Crippen molar-refractivity contribution in [1.29, 1.82) is 5.26 Å². The molecule has 6 nitrogen and oxygen atoms in total. The van der Waals surface area contributed by atoms with Gasteiger partial charge in [0.15, 0.2) is 0 Å². The molecule has 1 aliphatic heterocycles. The molecule has 0 N–H and O–H groups in total. The summed E-state index contributed by atoms with van der Waals surface area (Å²) in [6.45, 7) is 2.78. The number of likely N-dealkylation sites (tertiary alicyclic amines) is 1. The lowest BCUT2D eigenvalue weighted by molar-refractivity contribution is -0.140. The van der Waals surface area contributed by atoms with E-state index in [2.05, 4.69) is 6.07 Å². The molecule has 1 aromatic carbocycles. The average Bonchev–Trinajstić information content (AvgIpc) is 2.55. The van der Waals surface area contributed by atoms with Gasteiger partial charge < -0.3 is 14.2 Å². The van der Waals surface area contributed by atoms with E-state index in [4.69, 9.17) is 10.00 Å². The summed E-state index contributed by atoms with van der Waals surface area (Å²) in [7, 11) is 0. The highest BCUT2D eigenvalue weighted by molar-refractivity contribution is 5.77. The van der Waals surface area contributed by atoms with Gasteiger partial charge in [0.05, 0.1) is 24.7 Å². The number of nitrogens with zero attached hydrogens (tertiary/aromatic N) is 3. The maximum absolute atomic E-state index is 12.2. The van der Waals surface area contributed by atoms with Crippen LogP contribution in [0.1, 0.15) is 11.1 Å². The van der Waals surface area contributed by atoms with Gasteiger partial charge in [-0.25, -0.2) is 0 Å². The molecule has 0 aliphatic carbocycles. The molecule has 1 aliphatic rings. The molecular weight excluding hydrogens is 306 g/mol. The second-order valence-corrected chi connectivity index (χ2v) is 5.80. The third-order valence-corrected chi connectivity index (χ3v) is 4.00. The summed E-state index contributed by atoms with van der Waals surface area (Å²) in [6, 6.07) is 12.4. The zero-order valence-corrected chi connectivity index (χ0v) is 13.3. The first-order chi connectivity index (χ1) is 11.6. The Morgan fingerprint density at radius 2 is 2.00 bits per heavy atom. The Balaban J connectivity index is 1.52. The molecule has 0 unspecified atom stereocenters. The molecule has 24 heavy (non-hydrogen) atoms. The predicted octanol–water partition coefficient (Wildman–Crippen LogP) is 1.32. The Bertz CT molecular complexity index is 843. The van der Waals surface area contributed by atoms with Gasteiger partial charge in [-0.1, -0.05) is 6.07 Å². The van der Waals surface area contributed by atoms with Crippen LogP contribution in [0.3, 0.4) is 0 Å². The molecule has 3 rings (SSSR count). The monoisotopic (exact) mass is 323 g/mol. The van der Waals surface area contributed by atoms with Gasteiger partial charge >= 0.3 is 0 Å². The van der Waals surface area contributed by atoms with E-state index in [1.807, 2.05) is 0 Å². The maximum Gasteiger partial charge on any atom is 0.253 e. The van der Waals surface area contributed by atoms with Crippen molar-refractivity contribution < 1.29 is 9.53 Å². The van der Waals surface area contributed by atoms with Crippen LogP contribution in [0.15, 0.2) is 47.4 Å². The molecule has 2 heterocycles. The van der Waals surface area contributed by atoms with E-state index in [0.29, 0.717) is 30.0 Å². The van der Waals surface area contributed by atoms with Crippen molar-refractivity contribution in [3.05, 3.63) is 64.1 Å². The fraction of sp³-hybridized carbons (Fsp3) is 0.278. The summed E-state index contributed by atoms with van der Waals surface area (Å²) >= 11 is 0. The highest BCUT2D eigenvalue weighted by Crippen LogP contribution is 2.19. The molecule has 0 saturated carbocycles. The molecule has 0 bridgehead atoms. The fourth-order valence-corrected chi connectivity index (χ4v) is 2.54. The average molecular weight is 323 g/mol. The minimum atomic E-state index is -0.142. The standard InChI is InChI=1S/C18H17N3O3/c1-13-3-2-8-20(18(13)23)12-17(22)21-10-16(11-21)24-15-6-4-14(9-19)5-7-15/h2-8,16H,10-12H2,1H3. The van der Waals surface area contributed by atoms with Crippen molar-refractivity contribution in [3.63, 3.8) is 0 Å². The highest BCUT2D eigenvalue weighted by Gasteiger charge is 2.32. The number of aryl methyl sites for hydroxylation is 1. The third kappa shape index (κ3) is 3.30. The number of amides is 1. The number of hydrogen-bond donors (Lipinski definition) is 0. The van der Waals surface area contributed by atoms with Gasteiger partial charge in [0.25, 0.3) is 5.56 Å². The Hall–Kier alpha value is -3.07. The van der Waals surface area contributed by atoms with E-state index in [1.165, 1.54) is 4.57 Å². The highest BCUT2D eigenvalue weighted by atomic mass is 16.5. The van der Waals surface area contributed by atoms with E-state index in [9.17, 15) is 9.59 Å². The normalized spacial score (nSPS) is 13.9. The molecule has 0 spiro atoms. The Morgan fingerprint density at radius 3 is 2.67 bits per heavy atom. The second kappa shape index (κ2) is 6.59. The van der Waals surface area contributed by atoms with E-state index in [-0.39, 0.29) is 24.1 Å². The van der Waals surface area contributed by atoms with Crippen molar-refractivity contribution >= 4 is 5.91 Å². The number of carbonyl (C=O) groups is 1. The molecule has 0 atom stereocenters. The Labute approximate surface area is 139 Å². The number of carbonyl (C=O) groups excluding carboxylic acids is 1. The van der Waals surface area contributed by atoms with Crippen LogP contribution < -0.4 is 10.3 Å². The van der Waals surface area contributed by atoms with E-state index >= 15 is 0 Å². The lowest BCUT2D eigenvalue weighted by Gasteiger charge is -2.39. The van der Waals surface area contributed by atoms with E-state index in [1.54, 1.807) is 54.4 Å². The zero-order chi connectivity index (χ0) is 17.1. The number of benzene rings is 1. The smallest absolute Gasteiger partial charge is 0.253 e. The molecule has 1 aromatic heterocycles. The van der Waals surface area contributed by atoms with Crippen molar-refractivity contribution in [2.45, 2.75) is 19.6 Å². The lowest BCUT2D eigenvalue weighted by atomic mass is 10.1. The summed E-state index contributed by atoms with van der Waals surface area (Å²) < 4.78 is 7.17. The van der Waals surface area contributed by atoms with Gasteiger partial charge in [0.2, 0.25) is 5.91 Å². The van der Waals surface area contributed by atoms with Crippen LogP contribution in [0.2, 0.25) is 0 Å². The molecular formula is C18H17N3O3. The molecule has 1 fully saturated rings. The van der Waals surface area contributed by atoms with Gasteiger partial charge in [0, 0.05) is 11.8 Å². The summed E-state index contributed by atoms with van der Waals surface area (Å²) in [5.74, 6) is 0.586. The van der Waals surface area contributed by atoms with Crippen LogP contribution in [0, 0.1) is 18.3 Å². The first-order valence-electron chi connectivity index (χ1n) is 7.67. The van der Waals surface area contributed by atoms with Crippen LogP contribution in [0.25, 0.3) is 0 Å². The van der Waals surface area contributed by atoms with Gasteiger partial charge in [-0.3, -0.25) is 9.59 Å².